The first-order chi connectivity index (χ1) is 9.06. The quantitative estimate of drug-likeness (QED) is 0.855. The number of aromatic nitrogens is 2. The second-order valence-corrected chi connectivity index (χ2v) is 6.26. The van der Waals surface area contributed by atoms with Crippen LogP contribution < -0.4 is 5.32 Å². The lowest BCUT2D eigenvalue weighted by molar-refractivity contribution is 0.218. The molecular weight excluding hydrogens is 236 g/mol. The van der Waals surface area contributed by atoms with Gasteiger partial charge in [0.2, 0.25) is 0 Å². The molecule has 2 heterocycles. The van der Waals surface area contributed by atoms with Crippen LogP contribution in [0.3, 0.4) is 0 Å². The van der Waals surface area contributed by atoms with E-state index in [9.17, 15) is 0 Å². The summed E-state index contributed by atoms with van der Waals surface area (Å²) in [7, 11) is 1.97. The molecule has 0 aliphatic carbocycles. The highest BCUT2D eigenvalue weighted by Gasteiger charge is 2.25. The van der Waals surface area contributed by atoms with Crippen molar-refractivity contribution in [1.82, 2.24) is 20.0 Å². The highest BCUT2D eigenvalue weighted by Crippen LogP contribution is 2.19. The molecule has 0 aromatic carbocycles. The Balaban J connectivity index is 1.81. The van der Waals surface area contributed by atoms with Crippen molar-refractivity contribution in [2.75, 3.05) is 19.6 Å². The van der Waals surface area contributed by atoms with Crippen LogP contribution >= 0.6 is 0 Å². The average Bonchev–Trinajstić information content (AvgIpc) is 2.95. The van der Waals surface area contributed by atoms with Crippen LogP contribution in [0.4, 0.5) is 0 Å². The van der Waals surface area contributed by atoms with E-state index in [1.807, 2.05) is 17.9 Å². The summed E-state index contributed by atoms with van der Waals surface area (Å²) in [6.07, 6.45) is 6.73. The Labute approximate surface area is 117 Å². The molecule has 1 N–H and O–H groups in total. The zero-order valence-electron chi connectivity index (χ0n) is 12.8. The first-order valence-corrected chi connectivity index (χ1v) is 7.52. The van der Waals surface area contributed by atoms with Crippen molar-refractivity contribution in [3.63, 3.8) is 0 Å². The van der Waals surface area contributed by atoms with Gasteiger partial charge in [0, 0.05) is 44.0 Å². The fourth-order valence-electron chi connectivity index (χ4n) is 2.93. The zero-order valence-corrected chi connectivity index (χ0v) is 12.8. The second kappa shape index (κ2) is 6.53. The Morgan fingerprint density at radius 2 is 2.21 bits per heavy atom. The molecule has 1 aliphatic heterocycles. The van der Waals surface area contributed by atoms with Gasteiger partial charge in [-0.25, -0.2) is 0 Å². The van der Waals surface area contributed by atoms with Crippen LogP contribution in [0.25, 0.3) is 0 Å². The molecule has 108 valence electrons. The van der Waals surface area contributed by atoms with E-state index in [-0.39, 0.29) is 0 Å². The summed E-state index contributed by atoms with van der Waals surface area (Å²) >= 11 is 0. The van der Waals surface area contributed by atoms with Gasteiger partial charge in [0.05, 0.1) is 6.20 Å². The van der Waals surface area contributed by atoms with Crippen molar-refractivity contribution in [2.24, 2.45) is 13.0 Å². The molecular formula is C15H28N4. The molecule has 2 rings (SSSR count). The molecule has 19 heavy (non-hydrogen) atoms. The van der Waals surface area contributed by atoms with Crippen LogP contribution in [0.5, 0.6) is 0 Å². The number of aryl methyl sites for hydroxylation is 1. The van der Waals surface area contributed by atoms with Gasteiger partial charge in [-0.05, 0) is 32.2 Å². The third-order valence-electron chi connectivity index (χ3n) is 3.98. The van der Waals surface area contributed by atoms with Crippen LogP contribution in [0.1, 0.15) is 45.2 Å². The average molecular weight is 264 g/mol. The summed E-state index contributed by atoms with van der Waals surface area (Å²) in [6.45, 7) is 10.4. The minimum absolute atomic E-state index is 0.384. The zero-order chi connectivity index (χ0) is 13.8. The molecule has 4 nitrogen and oxygen atoms in total. The lowest BCUT2D eigenvalue weighted by Gasteiger charge is -2.27. The van der Waals surface area contributed by atoms with Crippen molar-refractivity contribution >= 4 is 0 Å². The Kier molecular flexibility index (Phi) is 4.99. The maximum Gasteiger partial charge on any atom is 0.0537 e. The van der Waals surface area contributed by atoms with Crippen LogP contribution in [-0.4, -0.2) is 40.4 Å². The maximum atomic E-state index is 4.24. The minimum Gasteiger partial charge on any atom is -0.309 e. The van der Waals surface area contributed by atoms with E-state index in [1.165, 1.54) is 31.5 Å². The fourth-order valence-corrected chi connectivity index (χ4v) is 2.93. The summed E-state index contributed by atoms with van der Waals surface area (Å²) in [5.74, 6) is 0.761. The van der Waals surface area contributed by atoms with Crippen LogP contribution in [0, 0.1) is 5.92 Å². The van der Waals surface area contributed by atoms with Gasteiger partial charge in [0.25, 0.3) is 0 Å². The molecule has 1 aliphatic rings. The number of hydrogen-bond donors (Lipinski definition) is 1. The molecule has 2 atom stereocenters. The van der Waals surface area contributed by atoms with Gasteiger partial charge >= 0.3 is 0 Å². The lowest BCUT2D eigenvalue weighted by Crippen LogP contribution is -2.40. The summed E-state index contributed by atoms with van der Waals surface area (Å²) in [5.41, 5.74) is 1.27. The van der Waals surface area contributed by atoms with Gasteiger partial charge in [-0.3, -0.25) is 9.58 Å². The summed E-state index contributed by atoms with van der Waals surface area (Å²) < 4.78 is 1.87. The number of nitrogens with zero attached hydrogens (tertiary/aromatic N) is 3. The third kappa shape index (κ3) is 4.05. The number of likely N-dealkylation sites (tertiary alicyclic amines) is 1. The third-order valence-corrected chi connectivity index (χ3v) is 3.98. The molecule has 0 bridgehead atoms. The van der Waals surface area contributed by atoms with Gasteiger partial charge in [-0.2, -0.15) is 5.10 Å². The van der Waals surface area contributed by atoms with Gasteiger partial charge in [-0.1, -0.05) is 13.8 Å². The molecule has 1 saturated heterocycles. The topological polar surface area (TPSA) is 33.1 Å². The van der Waals surface area contributed by atoms with Gasteiger partial charge < -0.3 is 5.32 Å². The largest absolute Gasteiger partial charge is 0.309 e. The molecule has 1 fully saturated rings. The van der Waals surface area contributed by atoms with Crippen LogP contribution in [-0.2, 0) is 7.05 Å². The van der Waals surface area contributed by atoms with E-state index in [4.69, 9.17) is 0 Å². The fraction of sp³-hybridized carbons (Fsp3) is 0.800. The van der Waals surface area contributed by atoms with Crippen LogP contribution in [0.15, 0.2) is 12.4 Å². The second-order valence-electron chi connectivity index (χ2n) is 6.26. The molecule has 1 aromatic heterocycles. The number of nitrogens with one attached hydrogen (secondary N) is 1. The minimum atomic E-state index is 0.384. The Hall–Kier alpha value is -0.870. The van der Waals surface area contributed by atoms with Gasteiger partial charge in [-0.15, -0.1) is 0 Å². The van der Waals surface area contributed by atoms with Crippen molar-refractivity contribution in [3.8, 4) is 0 Å². The summed E-state index contributed by atoms with van der Waals surface area (Å²) in [6, 6.07) is 1.09. The standard InChI is InChI=1S/C15H28N4/c1-12(2)10-19-7-5-6-15(19)9-16-13(3)14-8-17-18(4)11-14/h8,11-13,15-16H,5-7,9-10H2,1-4H3/t13?,15-/m0/s1. The first-order valence-electron chi connectivity index (χ1n) is 7.52. The molecule has 1 unspecified atom stereocenters. The van der Waals surface area contributed by atoms with Crippen molar-refractivity contribution in [2.45, 2.75) is 45.7 Å². The monoisotopic (exact) mass is 264 g/mol. The molecule has 0 saturated carbocycles. The molecule has 0 radical (unpaired) electrons. The summed E-state index contributed by atoms with van der Waals surface area (Å²) in [4.78, 5) is 2.65. The van der Waals surface area contributed by atoms with Crippen molar-refractivity contribution in [3.05, 3.63) is 18.0 Å². The Bertz CT molecular complexity index is 385. The van der Waals surface area contributed by atoms with E-state index >= 15 is 0 Å². The van der Waals surface area contributed by atoms with E-state index in [1.54, 1.807) is 0 Å². The number of hydrogen-bond acceptors (Lipinski definition) is 3. The predicted octanol–water partition coefficient (Wildman–Crippen LogP) is 2.19. The van der Waals surface area contributed by atoms with Gasteiger partial charge in [0.1, 0.15) is 0 Å². The maximum absolute atomic E-state index is 4.24. The van der Waals surface area contributed by atoms with E-state index in [2.05, 4.69) is 42.3 Å². The predicted molar refractivity (Wildman–Crippen MR) is 79.1 cm³/mol. The Morgan fingerprint density at radius 3 is 2.84 bits per heavy atom. The molecule has 4 heteroatoms. The highest BCUT2D eigenvalue weighted by molar-refractivity contribution is 5.09. The molecule has 1 aromatic rings. The molecule has 0 spiro atoms. The summed E-state index contributed by atoms with van der Waals surface area (Å²) in [5, 5.41) is 7.90. The lowest BCUT2D eigenvalue weighted by atomic mass is 10.1. The normalized spacial score (nSPS) is 22.3. The SMILES string of the molecule is CC(C)CN1CCC[C@H]1CNC(C)c1cnn(C)c1. The van der Waals surface area contributed by atoms with Gasteiger partial charge in [0.15, 0.2) is 0 Å². The first kappa shape index (κ1) is 14.5. The Morgan fingerprint density at radius 1 is 1.42 bits per heavy atom. The molecule has 0 amide bonds. The van der Waals surface area contributed by atoms with E-state index in [0.29, 0.717) is 12.1 Å². The van der Waals surface area contributed by atoms with Crippen LogP contribution in [0.2, 0.25) is 0 Å². The van der Waals surface area contributed by atoms with E-state index < -0.39 is 0 Å². The smallest absolute Gasteiger partial charge is 0.0537 e. The van der Waals surface area contributed by atoms with Crippen molar-refractivity contribution in [1.29, 1.82) is 0 Å². The van der Waals surface area contributed by atoms with E-state index in [0.717, 1.165) is 12.5 Å². The highest BCUT2D eigenvalue weighted by atomic mass is 15.2. The van der Waals surface area contributed by atoms with Crippen molar-refractivity contribution < 1.29 is 0 Å². The number of rotatable bonds is 6.